The van der Waals surface area contributed by atoms with Crippen LogP contribution in [-0.4, -0.2) is 36.3 Å². The minimum Gasteiger partial charge on any atom is -0.324 e. The highest BCUT2D eigenvalue weighted by Crippen LogP contribution is 2.17. The smallest absolute Gasteiger partial charge is 0.324 e. The van der Waals surface area contributed by atoms with Crippen molar-refractivity contribution in [2.75, 3.05) is 25.0 Å². The van der Waals surface area contributed by atoms with E-state index in [0.717, 1.165) is 25.9 Å². The van der Waals surface area contributed by atoms with Gasteiger partial charge in [0.1, 0.15) is 0 Å². The number of nitrogens with one attached hydrogen (secondary N) is 1. The molecule has 0 saturated carbocycles. The van der Waals surface area contributed by atoms with E-state index in [9.17, 15) is 0 Å². The minimum atomic E-state index is 0.524. The molecule has 2 heterocycles. The van der Waals surface area contributed by atoms with Crippen molar-refractivity contribution in [1.29, 1.82) is 0 Å². The van der Waals surface area contributed by atoms with Crippen molar-refractivity contribution in [3.05, 3.63) is 5.82 Å². The zero-order chi connectivity index (χ0) is 9.97. The van der Waals surface area contributed by atoms with Crippen molar-refractivity contribution in [3.63, 3.8) is 0 Å². The standard InChI is InChI=1S/C9H16N4O/c1-7-11-9(14-12-7)13(2)8-3-5-10-6-4-8/h8,10H,3-6H2,1-2H3. The first-order valence-corrected chi connectivity index (χ1v) is 5.01. The van der Waals surface area contributed by atoms with Crippen molar-refractivity contribution in [3.8, 4) is 0 Å². The summed E-state index contributed by atoms with van der Waals surface area (Å²) in [6.07, 6.45) is 2.27. The molecule has 78 valence electrons. The molecule has 5 heteroatoms. The van der Waals surface area contributed by atoms with Crippen LogP contribution in [-0.2, 0) is 0 Å². The van der Waals surface area contributed by atoms with Crippen LogP contribution in [0.4, 0.5) is 6.01 Å². The number of aryl methyl sites for hydroxylation is 1. The quantitative estimate of drug-likeness (QED) is 0.749. The Kier molecular flexibility index (Phi) is 2.67. The molecule has 0 radical (unpaired) electrons. The summed E-state index contributed by atoms with van der Waals surface area (Å²) in [5, 5.41) is 7.12. The largest absolute Gasteiger partial charge is 0.324 e. The topological polar surface area (TPSA) is 54.2 Å². The van der Waals surface area contributed by atoms with Gasteiger partial charge < -0.3 is 14.7 Å². The number of hydrogen-bond donors (Lipinski definition) is 1. The van der Waals surface area contributed by atoms with Gasteiger partial charge in [-0.05, 0) is 32.9 Å². The molecule has 0 bridgehead atoms. The van der Waals surface area contributed by atoms with Gasteiger partial charge in [0.25, 0.3) is 0 Å². The third kappa shape index (κ3) is 1.87. The summed E-state index contributed by atoms with van der Waals surface area (Å²) in [6.45, 7) is 3.98. The van der Waals surface area contributed by atoms with Crippen molar-refractivity contribution in [1.82, 2.24) is 15.5 Å². The lowest BCUT2D eigenvalue weighted by molar-refractivity contribution is 0.378. The maximum Gasteiger partial charge on any atom is 0.324 e. The van der Waals surface area contributed by atoms with Crippen LogP contribution in [0, 0.1) is 6.92 Å². The predicted octanol–water partition coefficient (Wildman–Crippen LogP) is 0.566. The summed E-state index contributed by atoms with van der Waals surface area (Å²) in [4.78, 5) is 6.30. The van der Waals surface area contributed by atoms with Crippen LogP contribution < -0.4 is 10.2 Å². The van der Waals surface area contributed by atoms with Crippen molar-refractivity contribution < 1.29 is 4.52 Å². The van der Waals surface area contributed by atoms with Crippen LogP contribution in [0.1, 0.15) is 18.7 Å². The SMILES string of the molecule is Cc1noc(N(C)C2CCNCC2)n1. The van der Waals surface area contributed by atoms with E-state index in [1.54, 1.807) is 0 Å². The van der Waals surface area contributed by atoms with Crippen LogP contribution in [0.3, 0.4) is 0 Å². The molecule has 1 fully saturated rings. The molecule has 1 aliphatic heterocycles. The maximum atomic E-state index is 5.12. The lowest BCUT2D eigenvalue weighted by atomic mass is 10.1. The molecular formula is C9H16N4O. The molecule has 0 spiro atoms. The summed E-state index contributed by atoms with van der Waals surface area (Å²) < 4.78 is 5.12. The second-order valence-corrected chi connectivity index (χ2v) is 3.72. The monoisotopic (exact) mass is 196 g/mol. The van der Waals surface area contributed by atoms with Crippen LogP contribution in [0.2, 0.25) is 0 Å². The molecule has 5 nitrogen and oxygen atoms in total. The van der Waals surface area contributed by atoms with Gasteiger partial charge in [-0.2, -0.15) is 4.98 Å². The Bertz CT molecular complexity index is 293. The van der Waals surface area contributed by atoms with E-state index in [1.807, 2.05) is 14.0 Å². The highest BCUT2D eigenvalue weighted by atomic mass is 16.5. The Hall–Kier alpha value is -1.10. The lowest BCUT2D eigenvalue weighted by Crippen LogP contribution is -2.41. The molecule has 1 saturated heterocycles. The highest BCUT2D eigenvalue weighted by molar-refractivity contribution is 5.25. The van der Waals surface area contributed by atoms with Crippen LogP contribution in [0.15, 0.2) is 4.52 Å². The average molecular weight is 196 g/mol. The minimum absolute atomic E-state index is 0.524. The summed E-state index contributed by atoms with van der Waals surface area (Å²) in [7, 11) is 2.02. The van der Waals surface area contributed by atoms with Gasteiger partial charge in [-0.25, -0.2) is 0 Å². The number of nitrogens with zero attached hydrogens (tertiary/aromatic N) is 3. The molecule has 1 N–H and O–H groups in total. The third-order valence-corrected chi connectivity index (χ3v) is 2.67. The number of hydrogen-bond acceptors (Lipinski definition) is 5. The fourth-order valence-corrected chi connectivity index (χ4v) is 1.78. The van der Waals surface area contributed by atoms with Crippen molar-refractivity contribution in [2.24, 2.45) is 0 Å². The van der Waals surface area contributed by atoms with E-state index < -0.39 is 0 Å². The molecule has 0 amide bonds. The van der Waals surface area contributed by atoms with E-state index in [0.29, 0.717) is 17.9 Å². The predicted molar refractivity (Wildman–Crippen MR) is 53.3 cm³/mol. The fourth-order valence-electron chi connectivity index (χ4n) is 1.78. The molecule has 0 unspecified atom stereocenters. The van der Waals surface area contributed by atoms with Crippen LogP contribution in [0.25, 0.3) is 0 Å². The van der Waals surface area contributed by atoms with Crippen LogP contribution in [0.5, 0.6) is 0 Å². The molecule has 1 aliphatic rings. The Morgan fingerprint density at radius 2 is 2.14 bits per heavy atom. The van der Waals surface area contributed by atoms with Gasteiger partial charge in [0.15, 0.2) is 5.82 Å². The van der Waals surface area contributed by atoms with E-state index in [4.69, 9.17) is 4.52 Å². The first-order chi connectivity index (χ1) is 6.77. The zero-order valence-corrected chi connectivity index (χ0v) is 8.66. The molecule has 1 aromatic heterocycles. The lowest BCUT2D eigenvalue weighted by Gasteiger charge is -2.29. The van der Waals surface area contributed by atoms with E-state index in [1.165, 1.54) is 0 Å². The van der Waals surface area contributed by atoms with Gasteiger partial charge in [0, 0.05) is 13.1 Å². The number of aromatic nitrogens is 2. The molecule has 0 aromatic carbocycles. The summed E-state index contributed by atoms with van der Waals surface area (Å²) in [5.41, 5.74) is 0. The van der Waals surface area contributed by atoms with E-state index in [-0.39, 0.29) is 0 Å². The molecule has 0 aliphatic carbocycles. The normalized spacial score (nSPS) is 18.4. The summed E-state index contributed by atoms with van der Waals surface area (Å²) in [6, 6.07) is 1.16. The van der Waals surface area contributed by atoms with Crippen molar-refractivity contribution in [2.45, 2.75) is 25.8 Å². The zero-order valence-electron chi connectivity index (χ0n) is 8.66. The van der Waals surface area contributed by atoms with E-state index >= 15 is 0 Å². The summed E-state index contributed by atoms with van der Waals surface area (Å²) in [5.74, 6) is 0.695. The number of piperidine rings is 1. The van der Waals surface area contributed by atoms with Gasteiger partial charge in [0.05, 0.1) is 0 Å². The number of anilines is 1. The Morgan fingerprint density at radius 3 is 2.71 bits per heavy atom. The van der Waals surface area contributed by atoms with Gasteiger partial charge in [-0.15, -0.1) is 0 Å². The molecule has 0 atom stereocenters. The highest BCUT2D eigenvalue weighted by Gasteiger charge is 2.21. The van der Waals surface area contributed by atoms with Crippen molar-refractivity contribution >= 4 is 6.01 Å². The molecule has 1 aromatic rings. The second kappa shape index (κ2) is 3.96. The fraction of sp³-hybridized carbons (Fsp3) is 0.778. The first-order valence-electron chi connectivity index (χ1n) is 5.01. The molecular weight excluding hydrogens is 180 g/mol. The van der Waals surface area contributed by atoms with Gasteiger partial charge in [0.2, 0.25) is 0 Å². The Labute approximate surface area is 83.5 Å². The molecule has 14 heavy (non-hydrogen) atoms. The van der Waals surface area contributed by atoms with Gasteiger partial charge in [-0.1, -0.05) is 5.16 Å². The number of rotatable bonds is 2. The van der Waals surface area contributed by atoms with Crippen LogP contribution >= 0.6 is 0 Å². The summed E-state index contributed by atoms with van der Waals surface area (Å²) >= 11 is 0. The Balaban J connectivity index is 2.03. The van der Waals surface area contributed by atoms with Gasteiger partial charge in [-0.3, -0.25) is 0 Å². The first kappa shape index (κ1) is 9.45. The maximum absolute atomic E-state index is 5.12. The molecule has 2 rings (SSSR count). The van der Waals surface area contributed by atoms with E-state index in [2.05, 4.69) is 20.4 Å². The third-order valence-electron chi connectivity index (χ3n) is 2.67. The second-order valence-electron chi connectivity index (χ2n) is 3.72. The average Bonchev–Trinajstić information content (AvgIpc) is 2.65. The Morgan fingerprint density at radius 1 is 1.43 bits per heavy atom. The van der Waals surface area contributed by atoms with Gasteiger partial charge >= 0.3 is 6.01 Å².